The molecule has 1 aromatic rings. The lowest BCUT2D eigenvalue weighted by molar-refractivity contribution is 0.0995. The van der Waals surface area contributed by atoms with E-state index in [-0.39, 0.29) is 10.6 Å². The van der Waals surface area contributed by atoms with Gasteiger partial charge < -0.3 is 0 Å². The molecule has 0 N–H and O–H groups in total. The van der Waals surface area contributed by atoms with E-state index < -0.39 is 0 Å². The second-order valence-electron chi connectivity index (χ2n) is 2.79. The predicted molar refractivity (Wildman–Crippen MR) is 66.6 cm³/mol. The van der Waals surface area contributed by atoms with E-state index in [1.165, 1.54) is 0 Å². The number of alkyl halides is 1. The zero-order valence-electron chi connectivity index (χ0n) is 7.42. The average Bonchev–Trinajstić information content (AvgIpc) is 2.17. The van der Waals surface area contributed by atoms with Crippen LogP contribution in [0.2, 0.25) is 0 Å². The topological polar surface area (TPSA) is 40.9 Å². The smallest absolute Gasteiger partial charge is 0.177 e. The van der Waals surface area contributed by atoms with Crippen molar-refractivity contribution in [3.05, 3.63) is 32.9 Å². The summed E-state index contributed by atoms with van der Waals surface area (Å²) in [5, 5.41) is 8.70. The first kappa shape index (κ1) is 11.7. The van der Waals surface area contributed by atoms with Gasteiger partial charge in [-0.1, -0.05) is 15.9 Å². The maximum Gasteiger partial charge on any atom is 0.177 e. The average molecular weight is 364 g/mol. The van der Waals surface area contributed by atoms with Gasteiger partial charge in [-0.05, 0) is 47.7 Å². The van der Waals surface area contributed by atoms with E-state index in [1.807, 2.05) is 6.07 Å². The number of nitriles is 1. The molecule has 1 unspecified atom stereocenters. The van der Waals surface area contributed by atoms with Crippen molar-refractivity contribution in [1.82, 2.24) is 0 Å². The van der Waals surface area contributed by atoms with E-state index in [4.69, 9.17) is 5.26 Å². The molecule has 1 aromatic carbocycles. The quantitative estimate of drug-likeness (QED) is 0.460. The van der Waals surface area contributed by atoms with Gasteiger partial charge in [0.1, 0.15) is 0 Å². The minimum Gasteiger partial charge on any atom is -0.293 e. The summed E-state index contributed by atoms with van der Waals surface area (Å²) in [5.41, 5.74) is 1.12. The molecule has 0 fully saturated rings. The van der Waals surface area contributed by atoms with Gasteiger partial charge in [-0.3, -0.25) is 4.79 Å². The van der Waals surface area contributed by atoms with Crippen LogP contribution in [0.1, 0.15) is 22.8 Å². The first-order valence-electron chi connectivity index (χ1n) is 3.94. The largest absolute Gasteiger partial charge is 0.293 e. The molecule has 72 valence electrons. The Labute approximate surface area is 105 Å². The third-order valence-corrected chi connectivity index (χ3v) is 3.08. The number of benzene rings is 1. The number of ketones is 1. The molecule has 0 saturated heterocycles. The highest BCUT2D eigenvalue weighted by atomic mass is 127. The lowest BCUT2D eigenvalue weighted by Gasteiger charge is -2.05. The Morgan fingerprint density at radius 1 is 1.64 bits per heavy atom. The number of hydrogen-bond donors (Lipinski definition) is 0. The Morgan fingerprint density at radius 2 is 2.29 bits per heavy atom. The molecule has 4 heteroatoms. The van der Waals surface area contributed by atoms with Crippen LogP contribution in [-0.2, 0) is 0 Å². The van der Waals surface area contributed by atoms with E-state index in [0.717, 1.165) is 3.57 Å². The van der Waals surface area contributed by atoms with Crippen molar-refractivity contribution in [3.8, 4) is 6.07 Å². The first-order valence-corrected chi connectivity index (χ1v) is 5.93. The van der Waals surface area contributed by atoms with Gasteiger partial charge in [0.2, 0.25) is 0 Å². The van der Waals surface area contributed by atoms with Crippen LogP contribution in [0.3, 0.4) is 0 Å². The highest BCUT2D eigenvalue weighted by molar-refractivity contribution is 14.1. The fourth-order valence-corrected chi connectivity index (χ4v) is 1.85. The minimum atomic E-state index is -0.218. The lowest BCUT2D eigenvalue weighted by atomic mass is 10.1. The molecular formula is C10H7BrINO. The van der Waals surface area contributed by atoms with Crippen LogP contribution in [0.15, 0.2) is 18.2 Å². The summed E-state index contributed by atoms with van der Waals surface area (Å²) in [4.78, 5) is 11.5. The Morgan fingerprint density at radius 3 is 2.79 bits per heavy atom. The van der Waals surface area contributed by atoms with Gasteiger partial charge in [0, 0.05) is 9.13 Å². The standard InChI is InChI=1S/C10H7BrINO/c1-6(11)10(14)8-4-7(5-13)2-3-9(8)12/h2-4,6H,1H3. The minimum absolute atomic E-state index is 0.00602. The third-order valence-electron chi connectivity index (χ3n) is 1.72. The molecule has 0 saturated carbocycles. The van der Waals surface area contributed by atoms with Gasteiger partial charge >= 0.3 is 0 Å². The summed E-state index contributed by atoms with van der Waals surface area (Å²) in [5.74, 6) is 0.00602. The number of rotatable bonds is 2. The summed E-state index contributed by atoms with van der Waals surface area (Å²) in [6.07, 6.45) is 0. The molecule has 0 aliphatic heterocycles. The van der Waals surface area contributed by atoms with E-state index in [2.05, 4.69) is 38.5 Å². The molecule has 0 aromatic heterocycles. The normalized spacial score (nSPS) is 11.9. The second-order valence-corrected chi connectivity index (χ2v) is 5.32. The molecule has 14 heavy (non-hydrogen) atoms. The first-order chi connectivity index (χ1) is 6.56. The van der Waals surface area contributed by atoms with Gasteiger partial charge in [-0.15, -0.1) is 0 Å². The van der Waals surface area contributed by atoms with Crippen molar-refractivity contribution < 1.29 is 4.79 Å². The number of nitrogens with zero attached hydrogens (tertiary/aromatic N) is 1. The molecule has 1 atom stereocenters. The Kier molecular flexibility index (Phi) is 4.08. The predicted octanol–water partition coefficient (Wildman–Crippen LogP) is 3.13. The summed E-state index contributed by atoms with van der Waals surface area (Å²) >= 11 is 5.31. The SMILES string of the molecule is CC(Br)C(=O)c1cc(C#N)ccc1I. The van der Waals surface area contributed by atoms with Crippen LogP contribution >= 0.6 is 38.5 Å². The number of carbonyl (C=O) groups is 1. The van der Waals surface area contributed by atoms with E-state index >= 15 is 0 Å². The van der Waals surface area contributed by atoms with Crippen molar-refractivity contribution in [2.45, 2.75) is 11.8 Å². The maximum atomic E-state index is 11.7. The summed E-state index contributed by atoms with van der Waals surface area (Å²) < 4.78 is 0.873. The summed E-state index contributed by atoms with van der Waals surface area (Å²) in [6, 6.07) is 7.13. The molecule has 0 heterocycles. The Hall–Kier alpha value is -0.410. The number of hydrogen-bond acceptors (Lipinski definition) is 2. The van der Waals surface area contributed by atoms with E-state index in [9.17, 15) is 4.79 Å². The molecule has 0 radical (unpaired) electrons. The molecule has 0 bridgehead atoms. The van der Waals surface area contributed by atoms with Crippen LogP contribution < -0.4 is 0 Å². The third kappa shape index (κ3) is 2.55. The Bertz CT molecular complexity index is 409. The van der Waals surface area contributed by atoms with Crippen molar-refractivity contribution in [2.75, 3.05) is 0 Å². The van der Waals surface area contributed by atoms with E-state index in [0.29, 0.717) is 11.1 Å². The monoisotopic (exact) mass is 363 g/mol. The van der Waals surface area contributed by atoms with Gasteiger partial charge in [0.05, 0.1) is 16.5 Å². The molecule has 0 aliphatic rings. The van der Waals surface area contributed by atoms with Crippen molar-refractivity contribution in [2.24, 2.45) is 0 Å². The van der Waals surface area contributed by atoms with Gasteiger partial charge in [-0.25, -0.2) is 0 Å². The van der Waals surface area contributed by atoms with Crippen LogP contribution in [-0.4, -0.2) is 10.6 Å². The highest BCUT2D eigenvalue weighted by Crippen LogP contribution is 2.18. The summed E-state index contributed by atoms with van der Waals surface area (Å²) in [6.45, 7) is 1.78. The number of carbonyl (C=O) groups excluding carboxylic acids is 1. The number of halogens is 2. The molecule has 0 amide bonds. The fraction of sp³-hybridized carbons (Fsp3) is 0.200. The van der Waals surface area contributed by atoms with Crippen LogP contribution in [0.4, 0.5) is 0 Å². The van der Waals surface area contributed by atoms with Crippen molar-refractivity contribution >= 4 is 44.3 Å². The van der Waals surface area contributed by atoms with Crippen molar-refractivity contribution in [1.29, 1.82) is 5.26 Å². The van der Waals surface area contributed by atoms with E-state index in [1.54, 1.807) is 25.1 Å². The highest BCUT2D eigenvalue weighted by Gasteiger charge is 2.15. The van der Waals surface area contributed by atoms with Crippen LogP contribution in [0.25, 0.3) is 0 Å². The summed E-state index contributed by atoms with van der Waals surface area (Å²) in [7, 11) is 0. The molecule has 1 rings (SSSR count). The number of Topliss-reactive ketones (excluding diaryl/α,β-unsaturated/α-hetero) is 1. The van der Waals surface area contributed by atoms with Gasteiger partial charge in [-0.2, -0.15) is 5.26 Å². The van der Waals surface area contributed by atoms with Gasteiger partial charge in [0.15, 0.2) is 5.78 Å². The molecule has 2 nitrogen and oxygen atoms in total. The molecule has 0 spiro atoms. The fourth-order valence-electron chi connectivity index (χ4n) is 0.998. The van der Waals surface area contributed by atoms with Crippen LogP contribution in [0.5, 0.6) is 0 Å². The van der Waals surface area contributed by atoms with Crippen molar-refractivity contribution in [3.63, 3.8) is 0 Å². The van der Waals surface area contributed by atoms with Gasteiger partial charge in [0.25, 0.3) is 0 Å². The maximum absolute atomic E-state index is 11.7. The van der Waals surface area contributed by atoms with Crippen LogP contribution in [0, 0.1) is 14.9 Å². The molecule has 0 aliphatic carbocycles. The zero-order chi connectivity index (χ0) is 10.7. The zero-order valence-corrected chi connectivity index (χ0v) is 11.2. The lowest BCUT2D eigenvalue weighted by Crippen LogP contribution is -2.11. The molecular weight excluding hydrogens is 357 g/mol. The second kappa shape index (κ2) is 4.89. The Balaban J connectivity index is 3.21.